The molecular weight excluding hydrogens is 404 g/mol. The molecule has 6 heteroatoms. The number of anilines is 1. The van der Waals surface area contributed by atoms with Gasteiger partial charge in [0.2, 0.25) is 11.8 Å². The van der Waals surface area contributed by atoms with E-state index in [1.54, 1.807) is 18.2 Å². The number of carbonyl (C=O) groups is 2. The Morgan fingerprint density at radius 3 is 2.50 bits per heavy atom. The van der Waals surface area contributed by atoms with Gasteiger partial charge in [-0.15, -0.1) is 0 Å². The highest BCUT2D eigenvalue weighted by Gasteiger charge is 2.25. The number of hydrogen-bond donors (Lipinski definition) is 2. The van der Waals surface area contributed by atoms with Crippen molar-refractivity contribution in [3.63, 3.8) is 0 Å². The summed E-state index contributed by atoms with van der Waals surface area (Å²) in [4.78, 5) is 25.8. The van der Waals surface area contributed by atoms with Crippen LogP contribution in [0.3, 0.4) is 0 Å². The van der Waals surface area contributed by atoms with Crippen LogP contribution in [0.15, 0.2) is 60.7 Å². The van der Waals surface area contributed by atoms with Crippen molar-refractivity contribution >= 4 is 28.3 Å². The minimum atomic E-state index is -0.659. The average Bonchev–Trinajstić information content (AvgIpc) is 3.02. The monoisotopic (exact) mass is 432 g/mol. The zero-order chi connectivity index (χ0) is 22.5. The first-order valence-electron chi connectivity index (χ1n) is 11.0. The molecule has 1 aliphatic heterocycles. The molecule has 0 bridgehead atoms. The lowest BCUT2D eigenvalue weighted by molar-refractivity contribution is -0.127. The van der Waals surface area contributed by atoms with Gasteiger partial charge in [-0.25, -0.2) is 0 Å². The molecule has 0 fully saturated rings. The molecule has 32 heavy (non-hydrogen) atoms. The smallest absolute Gasteiger partial charge is 0.247 e. The predicted molar refractivity (Wildman–Crippen MR) is 125 cm³/mol. The molecule has 0 aliphatic carbocycles. The van der Waals surface area contributed by atoms with Crippen molar-refractivity contribution in [1.82, 2.24) is 5.32 Å². The lowest BCUT2D eigenvalue weighted by Gasteiger charge is -2.22. The van der Waals surface area contributed by atoms with Crippen LogP contribution in [0, 0.1) is 5.92 Å². The number of benzene rings is 3. The van der Waals surface area contributed by atoms with Gasteiger partial charge >= 0.3 is 0 Å². The fourth-order valence-electron chi connectivity index (χ4n) is 3.84. The van der Waals surface area contributed by atoms with E-state index in [0.29, 0.717) is 30.4 Å². The summed E-state index contributed by atoms with van der Waals surface area (Å²) in [6.07, 6.45) is 1.02. The van der Waals surface area contributed by atoms with E-state index in [9.17, 15) is 9.59 Å². The van der Waals surface area contributed by atoms with Gasteiger partial charge in [-0.2, -0.15) is 0 Å². The third kappa shape index (κ3) is 5.02. The molecule has 166 valence electrons. The molecule has 0 saturated carbocycles. The number of fused-ring (bicyclic) bond motifs is 2. The van der Waals surface area contributed by atoms with E-state index in [0.717, 1.165) is 22.8 Å². The van der Waals surface area contributed by atoms with Gasteiger partial charge in [0.05, 0.1) is 19.6 Å². The number of carbonyl (C=O) groups excluding carboxylic acids is 2. The van der Waals surface area contributed by atoms with Gasteiger partial charge in [-0.3, -0.25) is 9.59 Å². The Morgan fingerprint density at radius 2 is 1.69 bits per heavy atom. The lowest BCUT2D eigenvalue weighted by atomic mass is 10.00. The number of ether oxygens (including phenoxy) is 2. The standard InChI is InChI=1S/C26H28N2O4/c1-17(2)25(26(30)27-20-11-12-22-23(16-20)32-14-6-13-31-22)28-24(29)15-19-9-5-8-18-7-3-4-10-21(18)19/h3-5,7-12,16-17,25H,6,13-15H2,1-2H3,(H,27,30)(H,28,29)/t25-/m0/s1. The summed E-state index contributed by atoms with van der Waals surface area (Å²) < 4.78 is 11.3. The predicted octanol–water partition coefficient (Wildman–Crippen LogP) is 4.32. The summed E-state index contributed by atoms with van der Waals surface area (Å²) in [7, 11) is 0. The van der Waals surface area contributed by atoms with Crippen molar-refractivity contribution < 1.29 is 19.1 Å². The Kier molecular flexibility index (Phi) is 6.59. The van der Waals surface area contributed by atoms with E-state index < -0.39 is 6.04 Å². The minimum absolute atomic E-state index is 0.0770. The highest BCUT2D eigenvalue weighted by molar-refractivity contribution is 5.98. The first-order valence-corrected chi connectivity index (χ1v) is 11.0. The Morgan fingerprint density at radius 1 is 0.938 bits per heavy atom. The van der Waals surface area contributed by atoms with Crippen molar-refractivity contribution in [1.29, 1.82) is 0 Å². The molecule has 6 nitrogen and oxygen atoms in total. The summed E-state index contributed by atoms with van der Waals surface area (Å²) in [6.45, 7) is 5.01. The minimum Gasteiger partial charge on any atom is -0.490 e. The zero-order valence-corrected chi connectivity index (χ0v) is 18.4. The fraction of sp³-hybridized carbons (Fsp3) is 0.308. The van der Waals surface area contributed by atoms with E-state index in [1.165, 1.54) is 0 Å². The van der Waals surface area contributed by atoms with Crippen molar-refractivity contribution in [2.45, 2.75) is 32.7 Å². The van der Waals surface area contributed by atoms with Crippen molar-refractivity contribution in [2.24, 2.45) is 5.92 Å². The highest BCUT2D eigenvalue weighted by Crippen LogP contribution is 2.32. The maximum Gasteiger partial charge on any atom is 0.247 e. The highest BCUT2D eigenvalue weighted by atomic mass is 16.5. The molecule has 0 aromatic heterocycles. The third-order valence-corrected chi connectivity index (χ3v) is 5.51. The Hall–Kier alpha value is -3.54. The molecule has 4 rings (SSSR count). The van der Waals surface area contributed by atoms with Gasteiger partial charge < -0.3 is 20.1 Å². The summed E-state index contributed by atoms with van der Waals surface area (Å²) in [5, 5.41) is 7.95. The van der Waals surface area contributed by atoms with Crippen LogP contribution in [0.25, 0.3) is 10.8 Å². The molecule has 1 aliphatic rings. The molecule has 1 heterocycles. The molecule has 2 amide bonds. The van der Waals surface area contributed by atoms with Gasteiger partial charge in [0.15, 0.2) is 11.5 Å². The molecule has 0 radical (unpaired) electrons. The molecule has 3 aromatic carbocycles. The van der Waals surface area contributed by atoms with Crippen molar-refractivity contribution in [2.75, 3.05) is 18.5 Å². The Labute approximate surface area is 187 Å². The molecule has 3 aromatic rings. The maximum absolute atomic E-state index is 13.0. The van der Waals surface area contributed by atoms with Crippen molar-refractivity contribution in [3.05, 3.63) is 66.2 Å². The van der Waals surface area contributed by atoms with E-state index in [2.05, 4.69) is 10.6 Å². The number of nitrogens with one attached hydrogen (secondary N) is 2. The quantitative estimate of drug-likeness (QED) is 0.608. The Bertz CT molecular complexity index is 1120. The summed E-state index contributed by atoms with van der Waals surface area (Å²) in [5.74, 6) is 0.757. The van der Waals surface area contributed by atoms with Crippen LogP contribution in [0.4, 0.5) is 5.69 Å². The van der Waals surface area contributed by atoms with Gasteiger partial charge in [-0.1, -0.05) is 56.3 Å². The molecular formula is C26H28N2O4. The lowest BCUT2D eigenvalue weighted by Crippen LogP contribution is -2.47. The third-order valence-electron chi connectivity index (χ3n) is 5.51. The van der Waals surface area contributed by atoms with Gasteiger partial charge in [-0.05, 0) is 34.4 Å². The molecule has 2 N–H and O–H groups in total. The first-order chi connectivity index (χ1) is 15.5. The normalized spacial score (nSPS) is 14.0. The number of hydrogen-bond acceptors (Lipinski definition) is 4. The molecule has 1 atom stereocenters. The summed E-state index contributed by atoms with van der Waals surface area (Å²) in [5.41, 5.74) is 1.54. The van der Waals surface area contributed by atoms with Crippen LogP contribution in [0.2, 0.25) is 0 Å². The second-order valence-corrected chi connectivity index (χ2v) is 8.31. The summed E-state index contributed by atoms with van der Waals surface area (Å²) in [6, 6.07) is 18.6. The topological polar surface area (TPSA) is 76.7 Å². The van der Waals surface area contributed by atoms with Crippen LogP contribution in [-0.4, -0.2) is 31.1 Å². The van der Waals surface area contributed by atoms with E-state index in [4.69, 9.17) is 9.47 Å². The average molecular weight is 433 g/mol. The van der Waals surface area contributed by atoms with Gasteiger partial charge in [0.1, 0.15) is 6.04 Å². The first kappa shape index (κ1) is 21.7. The van der Waals surface area contributed by atoms with Crippen LogP contribution in [0.5, 0.6) is 11.5 Å². The van der Waals surface area contributed by atoms with Crippen molar-refractivity contribution in [3.8, 4) is 11.5 Å². The maximum atomic E-state index is 13.0. The zero-order valence-electron chi connectivity index (χ0n) is 18.4. The second-order valence-electron chi connectivity index (χ2n) is 8.31. The largest absolute Gasteiger partial charge is 0.490 e. The van der Waals surface area contributed by atoms with Crippen LogP contribution >= 0.6 is 0 Å². The van der Waals surface area contributed by atoms with Gasteiger partial charge in [0.25, 0.3) is 0 Å². The van der Waals surface area contributed by atoms with E-state index in [1.807, 2.05) is 56.3 Å². The van der Waals surface area contributed by atoms with Crippen LogP contribution < -0.4 is 20.1 Å². The molecule has 0 saturated heterocycles. The van der Waals surface area contributed by atoms with E-state index >= 15 is 0 Å². The molecule has 0 spiro atoms. The Balaban J connectivity index is 1.44. The van der Waals surface area contributed by atoms with Gasteiger partial charge in [0, 0.05) is 18.2 Å². The van der Waals surface area contributed by atoms with E-state index in [-0.39, 0.29) is 24.2 Å². The van der Waals surface area contributed by atoms with Crippen LogP contribution in [0.1, 0.15) is 25.8 Å². The number of amides is 2. The number of rotatable bonds is 6. The SMILES string of the molecule is CC(C)[C@H](NC(=O)Cc1cccc2ccccc12)C(=O)Nc1ccc2c(c1)OCCCO2. The second kappa shape index (κ2) is 9.73. The fourth-order valence-corrected chi connectivity index (χ4v) is 3.84. The molecule has 0 unspecified atom stereocenters. The van der Waals surface area contributed by atoms with Crippen LogP contribution in [-0.2, 0) is 16.0 Å². The summed E-state index contributed by atoms with van der Waals surface area (Å²) >= 11 is 0.